The summed E-state index contributed by atoms with van der Waals surface area (Å²) in [6, 6.07) is 3.92. The van der Waals surface area contributed by atoms with Gasteiger partial charge in [-0.3, -0.25) is 14.6 Å². The van der Waals surface area contributed by atoms with Gasteiger partial charge in [-0.1, -0.05) is 11.8 Å². The summed E-state index contributed by atoms with van der Waals surface area (Å²) in [7, 11) is 0. The molecule has 0 aliphatic carbocycles. The molecule has 0 bridgehead atoms. The minimum Gasteiger partial charge on any atom is -0.394 e. The van der Waals surface area contributed by atoms with E-state index in [4.69, 9.17) is 0 Å². The highest BCUT2D eigenvalue weighted by Gasteiger charge is 2.23. The van der Waals surface area contributed by atoms with Crippen LogP contribution >= 0.6 is 11.8 Å². The summed E-state index contributed by atoms with van der Waals surface area (Å²) in [5.41, 5.74) is 1.84. The zero-order chi connectivity index (χ0) is 16.2. The number of aliphatic imine (C=N–C) groups is 1. The molecule has 23 heavy (non-hydrogen) atoms. The van der Waals surface area contributed by atoms with Gasteiger partial charge in [0.2, 0.25) is 0 Å². The lowest BCUT2D eigenvalue weighted by atomic mass is 10.1. The highest BCUT2D eigenvalue weighted by Crippen LogP contribution is 2.12. The molecule has 1 unspecified atom stereocenters. The average Bonchev–Trinajstić information content (AvgIpc) is 3.22. The number of aromatic nitrogens is 2. The van der Waals surface area contributed by atoms with Crippen molar-refractivity contribution in [2.45, 2.75) is 6.04 Å². The number of hydrogen-bond acceptors (Lipinski definition) is 6. The lowest BCUT2D eigenvalue weighted by Crippen LogP contribution is -2.49. The molecule has 3 rings (SSSR count). The fourth-order valence-electron chi connectivity index (χ4n) is 2.12. The van der Waals surface area contributed by atoms with Crippen LogP contribution in [0, 0.1) is 0 Å². The molecule has 0 spiro atoms. The topological polar surface area (TPSA) is 119 Å². The van der Waals surface area contributed by atoms with E-state index in [1.54, 1.807) is 18.2 Å². The number of aliphatic hydroxyl groups excluding tert-OH is 1. The third kappa shape index (κ3) is 3.51. The van der Waals surface area contributed by atoms with E-state index in [0.717, 1.165) is 16.8 Å². The second-order valence-electron chi connectivity index (χ2n) is 4.87. The minimum atomic E-state index is -1.04. The van der Waals surface area contributed by atoms with Gasteiger partial charge in [-0.2, -0.15) is 0 Å². The van der Waals surface area contributed by atoms with Crippen LogP contribution in [0.25, 0.3) is 11.0 Å². The molecular formula is C14H15N5O3S. The van der Waals surface area contributed by atoms with E-state index >= 15 is 0 Å². The van der Waals surface area contributed by atoms with Crippen LogP contribution in [0.4, 0.5) is 0 Å². The number of aliphatic hydroxyl groups is 1. The Morgan fingerprint density at radius 1 is 1.43 bits per heavy atom. The van der Waals surface area contributed by atoms with Crippen molar-refractivity contribution in [3.05, 3.63) is 30.1 Å². The molecule has 2 heterocycles. The predicted octanol–water partition coefficient (Wildman–Crippen LogP) is -0.127. The largest absolute Gasteiger partial charge is 0.394 e. The fourth-order valence-corrected chi connectivity index (χ4v) is 2.85. The summed E-state index contributed by atoms with van der Waals surface area (Å²) in [4.78, 5) is 35.4. The van der Waals surface area contributed by atoms with Crippen LogP contribution < -0.4 is 10.6 Å². The van der Waals surface area contributed by atoms with Crippen molar-refractivity contribution in [1.82, 2.24) is 20.6 Å². The van der Waals surface area contributed by atoms with Crippen molar-refractivity contribution in [2.24, 2.45) is 4.99 Å². The molecule has 1 aliphatic rings. The number of aromatic amines is 1. The Morgan fingerprint density at radius 2 is 2.30 bits per heavy atom. The number of H-pyrrole nitrogens is 1. The first-order chi connectivity index (χ1) is 11.2. The van der Waals surface area contributed by atoms with Crippen LogP contribution in [-0.4, -0.2) is 57.0 Å². The second-order valence-corrected chi connectivity index (χ2v) is 5.95. The van der Waals surface area contributed by atoms with Gasteiger partial charge in [0.05, 0.1) is 30.5 Å². The van der Waals surface area contributed by atoms with Crippen LogP contribution in [-0.2, 0) is 4.79 Å². The second kappa shape index (κ2) is 6.80. The summed E-state index contributed by atoms with van der Waals surface area (Å²) < 4.78 is 0. The Kier molecular flexibility index (Phi) is 4.58. The van der Waals surface area contributed by atoms with Gasteiger partial charge in [0.25, 0.3) is 11.8 Å². The number of thioether (sulfide) groups is 1. The number of hydrogen-bond donors (Lipinski definition) is 4. The van der Waals surface area contributed by atoms with E-state index in [0.29, 0.717) is 17.3 Å². The third-order valence-corrected chi connectivity index (χ3v) is 4.19. The minimum absolute atomic E-state index is 0.376. The Labute approximate surface area is 135 Å². The molecule has 0 saturated carbocycles. The lowest BCUT2D eigenvalue weighted by Gasteiger charge is -2.16. The standard InChI is InChI=1S/C14H15N5O3S/c20-6-11(13(22)19-14-15-3-4-23-14)18-12(21)8-1-2-9-10(5-8)17-7-16-9/h1-2,5,7,11,20H,3-4,6H2,(H,16,17)(H,18,21)(H,15,19,22). The lowest BCUT2D eigenvalue weighted by molar-refractivity contribution is -0.122. The van der Waals surface area contributed by atoms with Crippen molar-refractivity contribution in [2.75, 3.05) is 18.9 Å². The number of carbonyl (C=O) groups excluding carboxylic acids is 2. The van der Waals surface area contributed by atoms with Crippen molar-refractivity contribution in [3.8, 4) is 0 Å². The summed E-state index contributed by atoms with van der Waals surface area (Å²) >= 11 is 1.43. The normalized spacial score (nSPS) is 15.3. The van der Waals surface area contributed by atoms with Crippen molar-refractivity contribution in [3.63, 3.8) is 0 Å². The first kappa shape index (κ1) is 15.5. The van der Waals surface area contributed by atoms with E-state index in [-0.39, 0.29) is 0 Å². The summed E-state index contributed by atoms with van der Waals surface area (Å²) in [6.45, 7) is 0.155. The Bertz CT molecular complexity index is 773. The summed E-state index contributed by atoms with van der Waals surface area (Å²) in [5, 5.41) is 15.0. The van der Waals surface area contributed by atoms with Gasteiger partial charge >= 0.3 is 0 Å². The van der Waals surface area contributed by atoms with Crippen molar-refractivity contribution in [1.29, 1.82) is 0 Å². The molecule has 8 nitrogen and oxygen atoms in total. The number of carbonyl (C=O) groups is 2. The zero-order valence-corrected chi connectivity index (χ0v) is 12.9. The quantitative estimate of drug-likeness (QED) is 0.621. The maximum absolute atomic E-state index is 12.2. The van der Waals surface area contributed by atoms with E-state index in [2.05, 4.69) is 25.6 Å². The molecular weight excluding hydrogens is 318 g/mol. The van der Waals surface area contributed by atoms with Crippen molar-refractivity contribution < 1.29 is 14.7 Å². The van der Waals surface area contributed by atoms with Gasteiger partial charge in [-0.05, 0) is 18.2 Å². The zero-order valence-electron chi connectivity index (χ0n) is 12.1. The average molecular weight is 333 g/mol. The molecule has 0 fully saturated rings. The fraction of sp³-hybridized carbons (Fsp3) is 0.286. The molecule has 1 aromatic heterocycles. The number of amidine groups is 1. The number of nitrogens with zero attached hydrogens (tertiary/aromatic N) is 2. The van der Waals surface area contributed by atoms with Gasteiger partial charge in [-0.25, -0.2) is 4.98 Å². The molecule has 120 valence electrons. The van der Waals surface area contributed by atoms with E-state index in [1.165, 1.54) is 18.1 Å². The molecule has 1 aliphatic heterocycles. The van der Waals surface area contributed by atoms with Gasteiger partial charge in [0.1, 0.15) is 6.04 Å². The van der Waals surface area contributed by atoms with E-state index < -0.39 is 24.5 Å². The Balaban J connectivity index is 1.67. The van der Waals surface area contributed by atoms with Gasteiger partial charge in [-0.15, -0.1) is 0 Å². The number of nitrogens with one attached hydrogen (secondary N) is 3. The molecule has 4 N–H and O–H groups in total. The van der Waals surface area contributed by atoms with Crippen LogP contribution in [0.2, 0.25) is 0 Å². The predicted molar refractivity (Wildman–Crippen MR) is 87.3 cm³/mol. The number of amides is 2. The third-order valence-electron chi connectivity index (χ3n) is 3.30. The molecule has 2 aromatic rings. The van der Waals surface area contributed by atoms with Crippen LogP contribution in [0.3, 0.4) is 0 Å². The number of rotatable bonds is 4. The summed E-state index contributed by atoms with van der Waals surface area (Å²) in [5.74, 6) is -0.121. The monoisotopic (exact) mass is 333 g/mol. The maximum atomic E-state index is 12.2. The van der Waals surface area contributed by atoms with Crippen LogP contribution in [0.15, 0.2) is 29.5 Å². The van der Waals surface area contributed by atoms with Gasteiger partial charge in [0, 0.05) is 11.3 Å². The number of fused-ring (bicyclic) bond motifs is 1. The first-order valence-corrected chi connectivity index (χ1v) is 7.99. The molecule has 1 aromatic carbocycles. The molecule has 2 amide bonds. The van der Waals surface area contributed by atoms with E-state index in [1.807, 2.05) is 0 Å². The highest BCUT2D eigenvalue weighted by molar-refractivity contribution is 8.14. The summed E-state index contributed by atoms with van der Waals surface area (Å²) in [6.07, 6.45) is 1.54. The van der Waals surface area contributed by atoms with Crippen molar-refractivity contribution >= 4 is 39.8 Å². The number of benzene rings is 1. The maximum Gasteiger partial charge on any atom is 0.252 e. The smallest absolute Gasteiger partial charge is 0.252 e. The molecule has 9 heteroatoms. The SMILES string of the molecule is O=C(NC(CO)C(=O)NC1=NCCS1)c1ccc2nc[nH]c2c1. The van der Waals surface area contributed by atoms with Gasteiger partial charge < -0.3 is 20.7 Å². The van der Waals surface area contributed by atoms with E-state index in [9.17, 15) is 14.7 Å². The van der Waals surface area contributed by atoms with Crippen LogP contribution in [0.1, 0.15) is 10.4 Å². The first-order valence-electron chi connectivity index (χ1n) is 7.00. The Morgan fingerprint density at radius 3 is 3.04 bits per heavy atom. The Hall–Kier alpha value is -2.39. The van der Waals surface area contributed by atoms with Crippen LogP contribution in [0.5, 0.6) is 0 Å². The molecule has 0 radical (unpaired) electrons. The molecule has 1 atom stereocenters. The van der Waals surface area contributed by atoms with Gasteiger partial charge in [0.15, 0.2) is 5.17 Å². The number of imidazole rings is 1. The molecule has 0 saturated heterocycles. The highest BCUT2D eigenvalue weighted by atomic mass is 32.2.